The first kappa shape index (κ1) is 17.4. The van der Waals surface area contributed by atoms with E-state index in [0.29, 0.717) is 5.52 Å². The van der Waals surface area contributed by atoms with Gasteiger partial charge in [-0.25, -0.2) is 4.39 Å². The zero-order valence-corrected chi connectivity index (χ0v) is 15.3. The number of fused-ring (bicyclic) bond motifs is 1. The zero-order valence-electron chi connectivity index (χ0n) is 13.7. The minimum atomic E-state index is -0.510. The van der Waals surface area contributed by atoms with Gasteiger partial charge >= 0.3 is 0 Å². The fourth-order valence-corrected chi connectivity index (χ4v) is 3.18. The zero-order chi connectivity index (χ0) is 18.1. The molecule has 1 amide bonds. The van der Waals surface area contributed by atoms with Crippen LogP contribution in [0.25, 0.3) is 10.9 Å². The van der Waals surface area contributed by atoms with E-state index in [-0.39, 0.29) is 17.0 Å². The van der Waals surface area contributed by atoms with Gasteiger partial charge in [-0.1, -0.05) is 28.1 Å². The number of nitrogens with one attached hydrogen (secondary N) is 1. The average molecular weight is 403 g/mol. The fourth-order valence-electron chi connectivity index (χ4n) is 2.76. The lowest BCUT2D eigenvalue weighted by atomic mass is 10.1. The summed E-state index contributed by atoms with van der Waals surface area (Å²) in [5.41, 5.74) is 0.989. The average Bonchev–Trinajstić information content (AvgIpc) is 2.57. The summed E-state index contributed by atoms with van der Waals surface area (Å²) in [6.45, 7) is 1.84. The highest BCUT2D eigenvalue weighted by Crippen LogP contribution is 2.18. The van der Waals surface area contributed by atoms with E-state index in [9.17, 15) is 14.0 Å². The predicted octanol–water partition coefficient (Wildman–Crippen LogP) is 3.93. The molecule has 1 heterocycles. The Morgan fingerprint density at radius 3 is 2.72 bits per heavy atom. The summed E-state index contributed by atoms with van der Waals surface area (Å²) >= 11 is 3.40. The molecule has 0 bridgehead atoms. The van der Waals surface area contributed by atoms with Crippen molar-refractivity contribution in [3.05, 3.63) is 80.3 Å². The molecular weight excluding hydrogens is 387 g/mol. The molecule has 3 aromatic rings. The molecule has 0 radical (unpaired) electrons. The van der Waals surface area contributed by atoms with Gasteiger partial charge in [-0.2, -0.15) is 0 Å². The lowest BCUT2D eigenvalue weighted by molar-refractivity contribution is 0.0938. The molecule has 128 valence electrons. The van der Waals surface area contributed by atoms with Crippen LogP contribution in [0, 0.1) is 5.82 Å². The summed E-state index contributed by atoms with van der Waals surface area (Å²) in [6, 6.07) is 11.3. The van der Waals surface area contributed by atoms with Crippen LogP contribution in [0.2, 0.25) is 0 Å². The molecule has 0 aliphatic heterocycles. The van der Waals surface area contributed by atoms with Crippen LogP contribution < -0.4 is 10.7 Å². The minimum absolute atomic E-state index is 0.0116. The van der Waals surface area contributed by atoms with Crippen molar-refractivity contribution in [3.63, 3.8) is 0 Å². The van der Waals surface area contributed by atoms with Crippen molar-refractivity contribution in [1.82, 2.24) is 9.88 Å². The number of halogens is 2. The van der Waals surface area contributed by atoms with E-state index in [2.05, 4.69) is 21.2 Å². The highest BCUT2D eigenvalue weighted by atomic mass is 79.9. The molecule has 25 heavy (non-hydrogen) atoms. The topological polar surface area (TPSA) is 51.1 Å². The second-order valence-electron chi connectivity index (χ2n) is 5.89. The van der Waals surface area contributed by atoms with Gasteiger partial charge in [-0.3, -0.25) is 9.59 Å². The number of hydrogen-bond donors (Lipinski definition) is 1. The molecule has 2 aromatic carbocycles. The first-order valence-electron chi connectivity index (χ1n) is 7.72. The Balaban J connectivity index is 1.97. The van der Waals surface area contributed by atoms with E-state index in [1.807, 2.05) is 31.2 Å². The van der Waals surface area contributed by atoms with E-state index in [4.69, 9.17) is 0 Å². The van der Waals surface area contributed by atoms with Crippen molar-refractivity contribution in [2.45, 2.75) is 13.0 Å². The third-order valence-corrected chi connectivity index (χ3v) is 4.58. The molecule has 4 nitrogen and oxygen atoms in total. The Morgan fingerprint density at radius 1 is 1.24 bits per heavy atom. The third-order valence-electron chi connectivity index (χ3n) is 4.09. The smallest absolute Gasteiger partial charge is 0.257 e. The fraction of sp³-hybridized carbons (Fsp3) is 0.158. The molecule has 1 N–H and O–H groups in total. The maximum Gasteiger partial charge on any atom is 0.257 e. The van der Waals surface area contributed by atoms with Gasteiger partial charge in [0.25, 0.3) is 5.91 Å². The van der Waals surface area contributed by atoms with Crippen LogP contribution in [-0.4, -0.2) is 10.5 Å². The molecule has 6 heteroatoms. The molecule has 0 aliphatic rings. The number of amides is 1. The first-order chi connectivity index (χ1) is 11.9. The summed E-state index contributed by atoms with van der Waals surface area (Å²) in [7, 11) is 1.72. The van der Waals surface area contributed by atoms with E-state index in [1.165, 1.54) is 18.3 Å². The van der Waals surface area contributed by atoms with E-state index >= 15 is 0 Å². The molecule has 1 atom stereocenters. The highest BCUT2D eigenvalue weighted by molar-refractivity contribution is 9.10. The Hall–Kier alpha value is -2.47. The van der Waals surface area contributed by atoms with Crippen molar-refractivity contribution >= 4 is 32.7 Å². The monoisotopic (exact) mass is 402 g/mol. The van der Waals surface area contributed by atoms with Crippen LogP contribution >= 0.6 is 15.9 Å². The van der Waals surface area contributed by atoms with Gasteiger partial charge in [0, 0.05) is 23.1 Å². The number of aryl methyl sites for hydroxylation is 1. The van der Waals surface area contributed by atoms with Gasteiger partial charge in [-0.05, 0) is 42.8 Å². The Bertz CT molecular complexity index is 1030. The predicted molar refractivity (Wildman–Crippen MR) is 99.2 cm³/mol. The lowest BCUT2D eigenvalue weighted by Gasteiger charge is -2.15. The SMILES string of the molecule is C[C@@H](NC(=O)c1cn(C)c2ccc(F)cc2c1=O)c1cccc(Br)c1. The molecule has 0 aliphatic carbocycles. The molecule has 0 spiro atoms. The van der Waals surface area contributed by atoms with Crippen molar-refractivity contribution in [2.75, 3.05) is 0 Å². The maximum absolute atomic E-state index is 13.5. The maximum atomic E-state index is 13.5. The van der Waals surface area contributed by atoms with Crippen LogP contribution in [0.15, 0.2) is 57.9 Å². The summed E-state index contributed by atoms with van der Waals surface area (Å²) in [4.78, 5) is 25.2. The largest absolute Gasteiger partial charge is 0.350 e. The molecule has 0 fully saturated rings. The molecular formula is C19H16BrFN2O2. The van der Waals surface area contributed by atoms with Crippen LogP contribution in [0.1, 0.15) is 28.9 Å². The standard InChI is InChI=1S/C19H16BrFN2O2/c1-11(12-4-3-5-13(20)8-12)22-19(25)16-10-23(2)17-7-6-14(21)9-15(17)18(16)24/h3-11H,1-2H3,(H,22,25)/t11-/m1/s1. The minimum Gasteiger partial charge on any atom is -0.350 e. The number of carbonyl (C=O) groups excluding carboxylic acids is 1. The normalized spacial score (nSPS) is 12.2. The van der Waals surface area contributed by atoms with Crippen LogP contribution in [0.5, 0.6) is 0 Å². The van der Waals surface area contributed by atoms with Crippen molar-refractivity contribution in [2.24, 2.45) is 7.05 Å². The first-order valence-corrected chi connectivity index (χ1v) is 8.51. The van der Waals surface area contributed by atoms with Gasteiger partial charge in [0.05, 0.1) is 11.6 Å². The van der Waals surface area contributed by atoms with Crippen LogP contribution in [0.4, 0.5) is 4.39 Å². The number of hydrogen-bond acceptors (Lipinski definition) is 2. The highest BCUT2D eigenvalue weighted by Gasteiger charge is 2.17. The molecule has 1 aromatic heterocycles. The number of aromatic nitrogens is 1. The number of carbonyl (C=O) groups is 1. The Morgan fingerprint density at radius 2 is 2.00 bits per heavy atom. The van der Waals surface area contributed by atoms with Crippen molar-refractivity contribution < 1.29 is 9.18 Å². The van der Waals surface area contributed by atoms with Crippen LogP contribution in [0.3, 0.4) is 0 Å². The van der Waals surface area contributed by atoms with Gasteiger partial charge in [0.2, 0.25) is 5.43 Å². The molecule has 0 saturated heterocycles. The third kappa shape index (κ3) is 3.49. The second kappa shape index (κ2) is 6.80. The summed E-state index contributed by atoms with van der Waals surface area (Å²) in [5, 5.41) is 3.01. The van der Waals surface area contributed by atoms with E-state index in [0.717, 1.165) is 16.1 Å². The van der Waals surface area contributed by atoms with Gasteiger partial charge in [0.15, 0.2) is 0 Å². The Kier molecular flexibility index (Phi) is 4.72. The molecule has 0 saturated carbocycles. The summed E-state index contributed by atoms with van der Waals surface area (Å²) in [6.07, 6.45) is 1.48. The summed E-state index contributed by atoms with van der Waals surface area (Å²) < 4.78 is 16.1. The number of rotatable bonds is 3. The number of pyridine rings is 1. The molecule has 0 unspecified atom stereocenters. The Labute approximate surface area is 152 Å². The van der Waals surface area contributed by atoms with Gasteiger partial charge in [-0.15, -0.1) is 0 Å². The van der Waals surface area contributed by atoms with Crippen LogP contribution in [-0.2, 0) is 7.05 Å². The van der Waals surface area contributed by atoms with E-state index in [1.54, 1.807) is 11.6 Å². The number of nitrogens with zero attached hydrogens (tertiary/aromatic N) is 1. The van der Waals surface area contributed by atoms with Gasteiger partial charge < -0.3 is 9.88 Å². The quantitative estimate of drug-likeness (QED) is 0.721. The second-order valence-corrected chi connectivity index (χ2v) is 6.81. The molecule has 3 rings (SSSR count). The summed E-state index contributed by atoms with van der Waals surface area (Å²) in [5.74, 6) is -0.996. The number of benzene rings is 2. The van der Waals surface area contributed by atoms with Crippen molar-refractivity contribution in [3.8, 4) is 0 Å². The van der Waals surface area contributed by atoms with Gasteiger partial charge in [0.1, 0.15) is 11.4 Å². The lowest BCUT2D eigenvalue weighted by Crippen LogP contribution is -2.31. The van der Waals surface area contributed by atoms with E-state index < -0.39 is 17.2 Å². The van der Waals surface area contributed by atoms with Crippen molar-refractivity contribution in [1.29, 1.82) is 0 Å².